The number of aromatic amines is 1. The van der Waals surface area contributed by atoms with E-state index in [-0.39, 0.29) is 0 Å². The van der Waals surface area contributed by atoms with E-state index in [1.807, 2.05) is 31.2 Å². The third kappa shape index (κ3) is 3.22. The lowest BCUT2D eigenvalue weighted by Crippen LogP contribution is -2.40. The number of hydrogen-bond acceptors (Lipinski definition) is 3. The number of hydrogen-bond donors (Lipinski definition) is 3. The molecule has 2 amide bonds. The molecule has 0 fully saturated rings. The summed E-state index contributed by atoms with van der Waals surface area (Å²) in [6, 6.07) is 11.0. The van der Waals surface area contributed by atoms with Crippen molar-refractivity contribution in [3.8, 4) is 0 Å². The number of amides is 2. The van der Waals surface area contributed by atoms with Gasteiger partial charge < -0.3 is 9.40 Å². The van der Waals surface area contributed by atoms with Crippen LogP contribution in [0.25, 0.3) is 17.0 Å². The van der Waals surface area contributed by atoms with E-state index in [0.29, 0.717) is 5.69 Å². The third-order valence-corrected chi connectivity index (χ3v) is 3.58. The molecule has 1 aromatic carbocycles. The molecule has 0 aliphatic rings. The van der Waals surface area contributed by atoms with Crippen molar-refractivity contribution in [3.63, 3.8) is 0 Å². The van der Waals surface area contributed by atoms with E-state index >= 15 is 0 Å². The first kappa shape index (κ1) is 15.6. The molecule has 0 spiro atoms. The van der Waals surface area contributed by atoms with Gasteiger partial charge in [0.25, 0.3) is 11.8 Å². The van der Waals surface area contributed by atoms with E-state index in [0.717, 1.165) is 28.7 Å². The number of para-hydroxylation sites is 1. The first-order valence-corrected chi connectivity index (χ1v) is 7.61. The van der Waals surface area contributed by atoms with E-state index in [2.05, 4.69) is 15.8 Å². The second-order valence-corrected chi connectivity index (χ2v) is 5.15. The molecule has 6 heteroatoms. The van der Waals surface area contributed by atoms with Crippen molar-refractivity contribution >= 4 is 28.9 Å². The number of aryl methyl sites for hydroxylation is 1. The van der Waals surface area contributed by atoms with Crippen LogP contribution < -0.4 is 10.9 Å². The Kier molecular flexibility index (Phi) is 4.47. The maximum absolute atomic E-state index is 11.9. The molecule has 0 aliphatic carbocycles. The molecule has 0 unspecified atom stereocenters. The maximum atomic E-state index is 11.9. The molecule has 0 radical (unpaired) electrons. The number of hydrazine groups is 1. The Labute approximate surface area is 138 Å². The molecular weight excluding hydrogens is 306 g/mol. The lowest BCUT2D eigenvalue weighted by Gasteiger charge is -2.03. The molecule has 24 heavy (non-hydrogen) atoms. The normalized spacial score (nSPS) is 11.0. The zero-order chi connectivity index (χ0) is 16.9. The zero-order valence-electron chi connectivity index (χ0n) is 13.1. The molecule has 2 heterocycles. The fourth-order valence-electron chi connectivity index (χ4n) is 2.42. The number of fused-ring (bicyclic) bond motifs is 1. The highest BCUT2D eigenvalue weighted by Gasteiger charge is 2.10. The van der Waals surface area contributed by atoms with E-state index in [1.54, 1.807) is 24.4 Å². The topological polar surface area (TPSA) is 87.1 Å². The van der Waals surface area contributed by atoms with E-state index in [9.17, 15) is 9.59 Å². The van der Waals surface area contributed by atoms with Gasteiger partial charge in [-0.3, -0.25) is 20.4 Å². The molecule has 122 valence electrons. The summed E-state index contributed by atoms with van der Waals surface area (Å²) in [5.74, 6) is -0.0253. The lowest BCUT2D eigenvalue weighted by atomic mass is 10.1. The Morgan fingerprint density at radius 2 is 2.00 bits per heavy atom. The van der Waals surface area contributed by atoms with Gasteiger partial charge in [0.15, 0.2) is 0 Å². The lowest BCUT2D eigenvalue weighted by molar-refractivity contribution is -0.117. The Balaban J connectivity index is 1.69. The smallest absolute Gasteiger partial charge is 0.286 e. The SMILES string of the molecule is CCc1oc2ccccc2c1C=CC(=O)NNC(=O)c1ccc[nH]1. The maximum Gasteiger partial charge on any atom is 0.286 e. The van der Waals surface area contributed by atoms with Crippen LogP contribution in [-0.4, -0.2) is 16.8 Å². The molecule has 0 saturated carbocycles. The number of H-pyrrole nitrogens is 1. The first-order valence-electron chi connectivity index (χ1n) is 7.61. The van der Waals surface area contributed by atoms with Crippen molar-refractivity contribution in [3.05, 3.63) is 65.7 Å². The van der Waals surface area contributed by atoms with Gasteiger partial charge in [0.2, 0.25) is 0 Å². The fraction of sp³-hybridized carbons (Fsp3) is 0.111. The standard InChI is InChI=1S/C18H17N3O3/c1-2-15-13(12-6-3-4-8-16(12)24-15)9-10-17(22)20-21-18(23)14-7-5-11-19-14/h3-11,19H,2H2,1H3,(H,20,22)(H,21,23). The molecule has 3 N–H and O–H groups in total. The number of benzene rings is 1. The first-order chi connectivity index (χ1) is 11.7. The summed E-state index contributed by atoms with van der Waals surface area (Å²) >= 11 is 0. The number of nitrogens with one attached hydrogen (secondary N) is 3. The van der Waals surface area contributed by atoms with Gasteiger partial charge in [0, 0.05) is 29.6 Å². The summed E-state index contributed by atoms with van der Waals surface area (Å²) in [7, 11) is 0. The van der Waals surface area contributed by atoms with E-state index in [4.69, 9.17) is 4.42 Å². The van der Waals surface area contributed by atoms with E-state index < -0.39 is 11.8 Å². The number of aromatic nitrogens is 1. The van der Waals surface area contributed by atoms with Crippen LogP contribution in [-0.2, 0) is 11.2 Å². The van der Waals surface area contributed by atoms with Crippen LogP contribution in [0.15, 0.2) is 53.1 Å². The average Bonchev–Trinajstić information content (AvgIpc) is 3.25. The van der Waals surface area contributed by atoms with Gasteiger partial charge in [0.1, 0.15) is 17.0 Å². The summed E-state index contributed by atoms with van der Waals surface area (Å²) in [6.07, 6.45) is 5.42. The average molecular weight is 323 g/mol. The van der Waals surface area contributed by atoms with Crippen LogP contribution in [0.1, 0.15) is 28.7 Å². The Morgan fingerprint density at radius 1 is 1.17 bits per heavy atom. The molecule has 6 nitrogen and oxygen atoms in total. The number of rotatable bonds is 4. The summed E-state index contributed by atoms with van der Waals surface area (Å²) < 4.78 is 5.77. The predicted molar refractivity (Wildman–Crippen MR) is 91.0 cm³/mol. The highest BCUT2D eigenvalue weighted by Crippen LogP contribution is 2.27. The Morgan fingerprint density at radius 3 is 2.75 bits per heavy atom. The fourth-order valence-corrected chi connectivity index (χ4v) is 2.42. The minimum atomic E-state index is -0.428. The molecule has 0 aliphatic heterocycles. The van der Waals surface area contributed by atoms with Crippen molar-refractivity contribution in [2.45, 2.75) is 13.3 Å². The monoisotopic (exact) mass is 323 g/mol. The molecule has 2 aromatic heterocycles. The van der Waals surface area contributed by atoms with Gasteiger partial charge in [0.05, 0.1) is 0 Å². The van der Waals surface area contributed by atoms with Crippen LogP contribution >= 0.6 is 0 Å². The molecular formula is C18H17N3O3. The Hall–Kier alpha value is -3.28. The third-order valence-electron chi connectivity index (χ3n) is 3.58. The van der Waals surface area contributed by atoms with Crippen LogP contribution in [0.4, 0.5) is 0 Å². The summed E-state index contributed by atoms with van der Waals surface area (Å²) in [4.78, 5) is 26.4. The van der Waals surface area contributed by atoms with Gasteiger partial charge in [-0.2, -0.15) is 0 Å². The molecule has 0 saturated heterocycles. The van der Waals surface area contributed by atoms with Crippen molar-refractivity contribution < 1.29 is 14.0 Å². The van der Waals surface area contributed by atoms with Gasteiger partial charge in [-0.15, -0.1) is 0 Å². The van der Waals surface area contributed by atoms with Crippen LogP contribution in [0, 0.1) is 0 Å². The minimum absolute atomic E-state index is 0.369. The second kappa shape index (κ2) is 6.87. The highest BCUT2D eigenvalue weighted by molar-refractivity contribution is 5.98. The van der Waals surface area contributed by atoms with Gasteiger partial charge in [-0.05, 0) is 24.3 Å². The quantitative estimate of drug-likeness (QED) is 0.509. The molecule has 0 bridgehead atoms. The van der Waals surface area contributed by atoms with Crippen molar-refractivity contribution in [2.75, 3.05) is 0 Å². The predicted octanol–water partition coefficient (Wildman–Crippen LogP) is 2.80. The number of furan rings is 1. The molecule has 3 rings (SSSR count). The molecule has 3 aromatic rings. The summed E-state index contributed by atoms with van der Waals surface area (Å²) in [5, 5.41) is 0.953. The summed E-state index contributed by atoms with van der Waals surface area (Å²) in [6.45, 7) is 1.99. The zero-order valence-corrected chi connectivity index (χ0v) is 13.1. The minimum Gasteiger partial charge on any atom is -0.460 e. The largest absolute Gasteiger partial charge is 0.460 e. The van der Waals surface area contributed by atoms with Crippen LogP contribution in [0.3, 0.4) is 0 Å². The molecule has 0 atom stereocenters. The van der Waals surface area contributed by atoms with Gasteiger partial charge >= 0.3 is 0 Å². The van der Waals surface area contributed by atoms with Crippen molar-refractivity contribution in [1.29, 1.82) is 0 Å². The van der Waals surface area contributed by atoms with E-state index in [1.165, 1.54) is 6.08 Å². The highest BCUT2D eigenvalue weighted by atomic mass is 16.3. The Bertz CT molecular complexity index is 892. The van der Waals surface area contributed by atoms with Crippen LogP contribution in [0.5, 0.6) is 0 Å². The van der Waals surface area contributed by atoms with Gasteiger partial charge in [-0.1, -0.05) is 25.1 Å². The van der Waals surface area contributed by atoms with Crippen LogP contribution in [0.2, 0.25) is 0 Å². The van der Waals surface area contributed by atoms with Crippen molar-refractivity contribution in [2.24, 2.45) is 0 Å². The van der Waals surface area contributed by atoms with Crippen molar-refractivity contribution in [1.82, 2.24) is 15.8 Å². The number of carbonyl (C=O) groups is 2. The second-order valence-electron chi connectivity index (χ2n) is 5.15. The number of carbonyl (C=O) groups excluding carboxylic acids is 2. The van der Waals surface area contributed by atoms with Gasteiger partial charge in [-0.25, -0.2) is 0 Å². The summed E-state index contributed by atoms with van der Waals surface area (Å²) in [5.41, 5.74) is 6.71.